The van der Waals surface area contributed by atoms with E-state index in [1.54, 1.807) is 31.3 Å². The van der Waals surface area contributed by atoms with E-state index in [2.05, 4.69) is 10.0 Å². The number of carbonyl (C=O) groups excluding carboxylic acids is 1. The van der Waals surface area contributed by atoms with Crippen molar-refractivity contribution in [3.8, 4) is 0 Å². The first-order chi connectivity index (χ1) is 10.8. The van der Waals surface area contributed by atoms with Crippen LogP contribution in [0, 0.1) is 13.8 Å². The van der Waals surface area contributed by atoms with Crippen molar-refractivity contribution < 1.29 is 13.2 Å². The third-order valence-electron chi connectivity index (χ3n) is 3.72. The number of amides is 1. The lowest BCUT2D eigenvalue weighted by atomic mass is 10.1. The summed E-state index contributed by atoms with van der Waals surface area (Å²) in [7, 11) is -2.23. The summed E-state index contributed by atoms with van der Waals surface area (Å²) in [5.41, 5.74) is 2.94. The number of rotatable bonds is 6. The molecule has 23 heavy (non-hydrogen) atoms. The molecular formula is C16H20N2O3S2. The smallest absolute Gasteiger partial charge is 0.251 e. The van der Waals surface area contributed by atoms with Crippen LogP contribution in [-0.2, 0) is 16.4 Å². The molecule has 0 saturated heterocycles. The maximum Gasteiger partial charge on any atom is 0.251 e. The third kappa shape index (κ3) is 4.19. The minimum absolute atomic E-state index is 0.142. The zero-order valence-corrected chi connectivity index (χ0v) is 15.0. The zero-order valence-electron chi connectivity index (χ0n) is 13.3. The molecule has 2 aromatic rings. The highest BCUT2D eigenvalue weighted by Gasteiger charge is 2.19. The number of benzene rings is 1. The second-order valence-electron chi connectivity index (χ2n) is 5.26. The average molecular weight is 352 g/mol. The van der Waals surface area contributed by atoms with Crippen LogP contribution in [-0.4, -0.2) is 27.9 Å². The minimum atomic E-state index is -3.59. The van der Waals surface area contributed by atoms with E-state index in [9.17, 15) is 13.2 Å². The first kappa shape index (κ1) is 17.7. The predicted octanol–water partition coefficient (Wildman–Crippen LogP) is 2.25. The summed E-state index contributed by atoms with van der Waals surface area (Å²) in [6.45, 7) is 4.04. The highest BCUT2D eigenvalue weighted by molar-refractivity contribution is 7.89. The van der Waals surface area contributed by atoms with Gasteiger partial charge < -0.3 is 5.32 Å². The number of hydrogen-bond acceptors (Lipinski definition) is 4. The fourth-order valence-corrected chi connectivity index (χ4v) is 3.97. The first-order valence-electron chi connectivity index (χ1n) is 7.19. The molecule has 0 unspecified atom stereocenters. The number of hydrogen-bond donors (Lipinski definition) is 2. The summed E-state index contributed by atoms with van der Waals surface area (Å²) in [6.07, 6.45) is 0.752. The van der Waals surface area contributed by atoms with Crippen molar-refractivity contribution in [2.24, 2.45) is 0 Å². The molecule has 0 fully saturated rings. The zero-order chi connectivity index (χ0) is 17.0. The summed E-state index contributed by atoms with van der Waals surface area (Å²) < 4.78 is 26.4. The molecule has 0 spiro atoms. The summed E-state index contributed by atoms with van der Waals surface area (Å²) in [5.74, 6) is -0.268. The molecule has 0 atom stereocenters. The standard InChI is InChI=1S/C16H20N2O3S2/c1-11-8-14(9-15(12(11)2)23(20,21)17-3)16(19)18-6-4-13-5-7-22-10-13/h5,7-10,17H,4,6H2,1-3H3,(H,18,19). The van der Waals surface area contributed by atoms with Crippen LogP contribution >= 0.6 is 11.3 Å². The number of thiophene rings is 1. The van der Waals surface area contributed by atoms with Gasteiger partial charge in [-0.15, -0.1) is 0 Å². The lowest BCUT2D eigenvalue weighted by molar-refractivity contribution is 0.0954. The van der Waals surface area contributed by atoms with Crippen molar-refractivity contribution in [1.29, 1.82) is 0 Å². The van der Waals surface area contributed by atoms with Gasteiger partial charge in [0, 0.05) is 12.1 Å². The van der Waals surface area contributed by atoms with Crippen molar-refractivity contribution in [3.63, 3.8) is 0 Å². The molecule has 1 heterocycles. The van der Waals surface area contributed by atoms with Crippen LogP contribution in [0.5, 0.6) is 0 Å². The predicted molar refractivity (Wildman–Crippen MR) is 92.5 cm³/mol. The van der Waals surface area contributed by atoms with E-state index in [1.807, 2.05) is 16.8 Å². The van der Waals surface area contributed by atoms with Crippen molar-refractivity contribution in [1.82, 2.24) is 10.0 Å². The van der Waals surface area contributed by atoms with Gasteiger partial charge >= 0.3 is 0 Å². The number of aryl methyl sites for hydroxylation is 1. The molecule has 1 aromatic carbocycles. The van der Waals surface area contributed by atoms with Crippen LogP contribution in [0.25, 0.3) is 0 Å². The summed E-state index contributed by atoms with van der Waals surface area (Å²) in [6, 6.07) is 5.16. The van der Waals surface area contributed by atoms with Crippen molar-refractivity contribution in [2.45, 2.75) is 25.2 Å². The summed E-state index contributed by atoms with van der Waals surface area (Å²) in [4.78, 5) is 12.4. The summed E-state index contributed by atoms with van der Waals surface area (Å²) in [5, 5.41) is 6.87. The minimum Gasteiger partial charge on any atom is -0.352 e. The van der Waals surface area contributed by atoms with Crippen LogP contribution in [0.4, 0.5) is 0 Å². The lowest BCUT2D eigenvalue weighted by Crippen LogP contribution is -2.27. The lowest BCUT2D eigenvalue weighted by Gasteiger charge is -2.12. The fourth-order valence-electron chi connectivity index (χ4n) is 2.20. The molecule has 1 aromatic heterocycles. The molecule has 2 rings (SSSR count). The number of sulfonamides is 1. The van der Waals surface area contributed by atoms with E-state index in [0.717, 1.165) is 12.0 Å². The van der Waals surface area contributed by atoms with E-state index < -0.39 is 10.0 Å². The van der Waals surface area contributed by atoms with Gasteiger partial charge in [0.2, 0.25) is 10.0 Å². The molecular weight excluding hydrogens is 332 g/mol. The Bertz CT molecular complexity index is 797. The monoisotopic (exact) mass is 352 g/mol. The van der Waals surface area contributed by atoms with Crippen LogP contribution in [0.15, 0.2) is 33.9 Å². The molecule has 124 valence electrons. The van der Waals surface area contributed by atoms with E-state index in [4.69, 9.17) is 0 Å². The highest BCUT2D eigenvalue weighted by atomic mass is 32.2. The number of carbonyl (C=O) groups is 1. The normalized spacial score (nSPS) is 11.4. The first-order valence-corrected chi connectivity index (χ1v) is 9.62. The van der Waals surface area contributed by atoms with Crippen molar-refractivity contribution in [2.75, 3.05) is 13.6 Å². The Balaban J connectivity index is 2.17. The van der Waals surface area contributed by atoms with Gasteiger partial charge in [-0.1, -0.05) is 0 Å². The molecule has 5 nitrogen and oxygen atoms in total. The van der Waals surface area contributed by atoms with Crippen molar-refractivity contribution in [3.05, 3.63) is 51.2 Å². The van der Waals surface area contributed by atoms with Gasteiger partial charge in [-0.3, -0.25) is 4.79 Å². The van der Waals surface area contributed by atoms with Crippen LogP contribution in [0.1, 0.15) is 27.0 Å². The molecule has 0 bridgehead atoms. The Morgan fingerprint density at radius 3 is 2.61 bits per heavy atom. The van der Waals surface area contributed by atoms with Gasteiger partial charge in [-0.25, -0.2) is 13.1 Å². The molecule has 7 heteroatoms. The Hall–Kier alpha value is -1.70. The SMILES string of the molecule is CNS(=O)(=O)c1cc(C(=O)NCCc2ccsc2)cc(C)c1C. The van der Waals surface area contributed by atoms with Crippen LogP contribution in [0.3, 0.4) is 0 Å². The number of nitrogens with one attached hydrogen (secondary N) is 2. The van der Waals surface area contributed by atoms with Gasteiger partial charge in [0.15, 0.2) is 0 Å². The molecule has 0 aliphatic rings. The van der Waals surface area contributed by atoms with Gasteiger partial charge in [-0.05, 0) is 73.0 Å². The van der Waals surface area contributed by atoms with Gasteiger partial charge in [-0.2, -0.15) is 11.3 Å². The average Bonchev–Trinajstić information content (AvgIpc) is 3.02. The van der Waals surface area contributed by atoms with E-state index in [1.165, 1.54) is 18.7 Å². The van der Waals surface area contributed by atoms with Gasteiger partial charge in [0.1, 0.15) is 0 Å². The highest BCUT2D eigenvalue weighted by Crippen LogP contribution is 2.21. The summed E-state index contributed by atoms with van der Waals surface area (Å²) >= 11 is 1.62. The fraction of sp³-hybridized carbons (Fsp3) is 0.312. The molecule has 0 aliphatic heterocycles. The van der Waals surface area contributed by atoms with Crippen molar-refractivity contribution >= 4 is 27.3 Å². The topological polar surface area (TPSA) is 75.3 Å². The largest absolute Gasteiger partial charge is 0.352 e. The van der Waals surface area contributed by atoms with E-state index in [-0.39, 0.29) is 10.8 Å². The quantitative estimate of drug-likeness (QED) is 0.837. The molecule has 0 saturated carbocycles. The maximum absolute atomic E-state index is 12.3. The van der Waals surface area contributed by atoms with Crippen LogP contribution < -0.4 is 10.0 Å². The van der Waals surface area contributed by atoms with E-state index >= 15 is 0 Å². The Kier molecular flexibility index (Phi) is 5.56. The maximum atomic E-state index is 12.3. The third-order valence-corrected chi connectivity index (χ3v) is 5.99. The molecule has 1 amide bonds. The Labute approximate surface area is 140 Å². The van der Waals surface area contributed by atoms with Crippen LogP contribution in [0.2, 0.25) is 0 Å². The molecule has 2 N–H and O–H groups in total. The Morgan fingerprint density at radius 1 is 1.26 bits per heavy atom. The van der Waals surface area contributed by atoms with Gasteiger partial charge in [0.05, 0.1) is 4.90 Å². The van der Waals surface area contributed by atoms with E-state index in [0.29, 0.717) is 17.7 Å². The van der Waals surface area contributed by atoms with Gasteiger partial charge in [0.25, 0.3) is 5.91 Å². The molecule has 0 radical (unpaired) electrons. The second-order valence-corrected chi connectivity index (χ2v) is 7.90. The Morgan fingerprint density at radius 2 is 2.00 bits per heavy atom. The second kappa shape index (κ2) is 7.25. The molecule has 0 aliphatic carbocycles.